The van der Waals surface area contributed by atoms with Crippen molar-refractivity contribution >= 4 is 44.8 Å². The second-order valence-corrected chi connectivity index (χ2v) is 6.60. The van der Waals surface area contributed by atoms with Crippen LogP contribution < -0.4 is 15.9 Å². The van der Waals surface area contributed by atoms with Crippen molar-refractivity contribution in [1.29, 1.82) is 0 Å². The van der Waals surface area contributed by atoms with Crippen LogP contribution in [0.3, 0.4) is 0 Å². The summed E-state index contributed by atoms with van der Waals surface area (Å²) < 4.78 is 0. The van der Waals surface area contributed by atoms with E-state index in [1.165, 1.54) is 22.0 Å². The summed E-state index contributed by atoms with van der Waals surface area (Å²) in [5, 5.41) is 5.82. The fourth-order valence-electron chi connectivity index (χ4n) is 3.10. The molecular formula is C16H13BrN2S. The highest BCUT2D eigenvalue weighted by Gasteiger charge is 2.23. The Labute approximate surface area is 130 Å². The number of alkyl halides is 1. The van der Waals surface area contributed by atoms with Gasteiger partial charge in [-0.2, -0.15) is 0 Å². The van der Waals surface area contributed by atoms with Crippen LogP contribution in [0.4, 0.5) is 0 Å². The van der Waals surface area contributed by atoms with Gasteiger partial charge in [0.2, 0.25) is 0 Å². The van der Waals surface area contributed by atoms with E-state index in [1.54, 1.807) is 0 Å². The Morgan fingerprint density at radius 2 is 2.15 bits per heavy atom. The van der Waals surface area contributed by atoms with Gasteiger partial charge >= 0.3 is 0 Å². The molecule has 0 fully saturated rings. The van der Waals surface area contributed by atoms with E-state index in [0.29, 0.717) is 0 Å². The zero-order valence-corrected chi connectivity index (χ0v) is 13.1. The summed E-state index contributed by atoms with van der Waals surface area (Å²) in [6.07, 6.45) is 15.9. The molecule has 2 unspecified atom stereocenters. The number of H-pyrrole nitrogens is 1. The monoisotopic (exact) mass is 344 g/mol. The van der Waals surface area contributed by atoms with Crippen molar-refractivity contribution in [2.75, 3.05) is 0 Å². The fraction of sp³-hybridized carbons (Fsp3) is 0.188. The third-order valence-corrected chi connectivity index (χ3v) is 4.95. The largest absolute Gasteiger partial charge is 0.366 e. The van der Waals surface area contributed by atoms with E-state index in [9.17, 15) is 0 Å². The summed E-state index contributed by atoms with van der Waals surface area (Å²) in [4.78, 5) is 4.59. The molecule has 1 aromatic rings. The van der Waals surface area contributed by atoms with E-state index in [0.717, 1.165) is 16.8 Å². The van der Waals surface area contributed by atoms with Gasteiger partial charge in [-0.3, -0.25) is 0 Å². The van der Waals surface area contributed by atoms with Crippen LogP contribution in [0.2, 0.25) is 0 Å². The van der Waals surface area contributed by atoms with Gasteiger partial charge in [-0.1, -0.05) is 64.6 Å². The molecule has 2 N–H and O–H groups in total. The number of aromatic amines is 1. The van der Waals surface area contributed by atoms with Crippen LogP contribution in [0.5, 0.6) is 0 Å². The first-order valence-electron chi connectivity index (χ1n) is 6.67. The number of rotatable bonds is 0. The zero-order valence-electron chi connectivity index (χ0n) is 10.7. The molecule has 4 rings (SSSR count). The quantitative estimate of drug-likeness (QED) is 0.427. The van der Waals surface area contributed by atoms with Gasteiger partial charge in [0, 0.05) is 16.3 Å². The Balaban J connectivity index is 2.12. The topological polar surface area (TPSA) is 27.8 Å². The van der Waals surface area contributed by atoms with Crippen LogP contribution in [0, 0.1) is 0 Å². The average molecular weight is 345 g/mol. The van der Waals surface area contributed by atoms with Gasteiger partial charge in [-0.25, -0.2) is 0 Å². The molecule has 20 heavy (non-hydrogen) atoms. The van der Waals surface area contributed by atoms with Gasteiger partial charge in [0.15, 0.2) is 0 Å². The molecular weight excluding hydrogens is 332 g/mol. The van der Waals surface area contributed by atoms with Gasteiger partial charge in [0.05, 0.1) is 10.9 Å². The van der Waals surface area contributed by atoms with Crippen LogP contribution >= 0.6 is 28.1 Å². The molecule has 0 bridgehead atoms. The lowest BCUT2D eigenvalue weighted by Crippen LogP contribution is -2.34. The second-order valence-electron chi connectivity index (χ2n) is 5.17. The SMILES string of the molecule is S=C1C=c2[nH]c3c(c2=C2C=CC=CC2N1)CC=CC3Br. The Morgan fingerprint density at radius 3 is 3.05 bits per heavy atom. The van der Waals surface area contributed by atoms with E-state index >= 15 is 0 Å². The number of aromatic nitrogens is 1. The van der Waals surface area contributed by atoms with Crippen molar-refractivity contribution in [3.05, 3.63) is 58.3 Å². The number of nitrogens with one attached hydrogen (secondary N) is 2. The van der Waals surface area contributed by atoms with E-state index < -0.39 is 0 Å². The molecule has 0 spiro atoms. The predicted molar refractivity (Wildman–Crippen MR) is 90.2 cm³/mol. The highest BCUT2D eigenvalue weighted by molar-refractivity contribution is 9.09. The Bertz CT molecular complexity index is 810. The summed E-state index contributed by atoms with van der Waals surface area (Å²) in [5.74, 6) is 0. The summed E-state index contributed by atoms with van der Waals surface area (Å²) in [5.41, 5.74) is 3.94. The third kappa shape index (κ3) is 1.79. The molecule has 4 heteroatoms. The normalized spacial score (nSPS) is 26.2. The van der Waals surface area contributed by atoms with Crippen molar-refractivity contribution < 1.29 is 0 Å². The summed E-state index contributed by atoms with van der Waals surface area (Å²) in [6, 6.07) is 0.171. The highest BCUT2D eigenvalue weighted by atomic mass is 79.9. The Hall–Kier alpha value is -1.39. The molecule has 0 radical (unpaired) electrons. The molecule has 100 valence electrons. The number of thiocarbonyl (C=S) groups is 1. The molecule has 0 saturated carbocycles. The van der Waals surface area contributed by atoms with Crippen LogP contribution in [0.1, 0.15) is 16.1 Å². The smallest absolute Gasteiger partial charge is 0.102 e. The molecule has 0 aromatic carbocycles. The van der Waals surface area contributed by atoms with E-state index in [-0.39, 0.29) is 10.9 Å². The lowest BCUT2D eigenvalue weighted by atomic mass is 9.95. The molecule has 2 nitrogen and oxygen atoms in total. The molecule has 2 atom stereocenters. The average Bonchev–Trinajstić information content (AvgIpc) is 2.72. The van der Waals surface area contributed by atoms with Gasteiger partial charge in [0.25, 0.3) is 0 Å². The number of allylic oxidation sites excluding steroid dienone is 4. The summed E-state index contributed by atoms with van der Waals surface area (Å²) in [6.45, 7) is 0. The number of hydrogen-bond donors (Lipinski definition) is 2. The molecule has 0 saturated heterocycles. The minimum absolute atomic E-state index is 0.171. The maximum Gasteiger partial charge on any atom is 0.102 e. The molecule has 3 aliphatic rings. The number of fused-ring (bicyclic) bond motifs is 4. The van der Waals surface area contributed by atoms with E-state index in [1.807, 2.05) is 6.08 Å². The van der Waals surface area contributed by atoms with Gasteiger partial charge in [-0.15, -0.1) is 0 Å². The number of hydrogen-bond acceptors (Lipinski definition) is 1. The van der Waals surface area contributed by atoms with E-state index in [2.05, 4.69) is 62.7 Å². The van der Waals surface area contributed by atoms with Crippen molar-refractivity contribution in [1.82, 2.24) is 10.3 Å². The lowest BCUT2D eigenvalue weighted by molar-refractivity contribution is 0.913. The molecule has 2 heterocycles. The third-order valence-electron chi connectivity index (χ3n) is 3.96. The van der Waals surface area contributed by atoms with Crippen LogP contribution in [0.25, 0.3) is 11.6 Å². The van der Waals surface area contributed by atoms with Gasteiger partial charge in [-0.05, 0) is 23.6 Å². The fourth-order valence-corrected chi connectivity index (χ4v) is 3.95. The second kappa shape index (κ2) is 4.57. The highest BCUT2D eigenvalue weighted by Crippen LogP contribution is 2.28. The minimum Gasteiger partial charge on any atom is -0.366 e. The standard InChI is InChI=1S/C16H13BrN2S/c17-11-6-3-5-10-15-9-4-1-2-7-12(9)18-14(20)8-13(15)19-16(10)11/h1-4,6-8,11-12,19H,5H2,(H,18,20). The first-order chi connectivity index (χ1) is 9.74. The summed E-state index contributed by atoms with van der Waals surface area (Å²) in [7, 11) is 0. The predicted octanol–water partition coefficient (Wildman–Crippen LogP) is 1.92. The van der Waals surface area contributed by atoms with Crippen LogP contribution in [-0.2, 0) is 6.42 Å². The first-order valence-corrected chi connectivity index (χ1v) is 7.99. The summed E-state index contributed by atoms with van der Waals surface area (Å²) >= 11 is 9.14. The first kappa shape index (κ1) is 12.4. The molecule has 1 aromatic heterocycles. The molecule has 2 aliphatic carbocycles. The van der Waals surface area contributed by atoms with Gasteiger partial charge in [0.1, 0.15) is 4.99 Å². The maximum atomic E-state index is 5.42. The molecule has 1 aliphatic heterocycles. The van der Waals surface area contributed by atoms with Crippen molar-refractivity contribution in [3.8, 4) is 0 Å². The van der Waals surface area contributed by atoms with Crippen LogP contribution in [0.15, 0.2) is 36.5 Å². The molecule has 0 amide bonds. The minimum atomic E-state index is 0.171. The Kier molecular flexibility index (Phi) is 2.82. The van der Waals surface area contributed by atoms with E-state index in [4.69, 9.17) is 12.2 Å². The van der Waals surface area contributed by atoms with Crippen LogP contribution in [-0.4, -0.2) is 16.0 Å². The maximum absolute atomic E-state index is 5.42. The zero-order chi connectivity index (χ0) is 13.7. The van der Waals surface area contributed by atoms with Gasteiger partial charge < -0.3 is 10.3 Å². The van der Waals surface area contributed by atoms with Crippen molar-refractivity contribution in [3.63, 3.8) is 0 Å². The van der Waals surface area contributed by atoms with Crippen molar-refractivity contribution in [2.24, 2.45) is 0 Å². The Morgan fingerprint density at radius 1 is 1.25 bits per heavy atom. The number of halogens is 1. The van der Waals surface area contributed by atoms with Crippen molar-refractivity contribution in [2.45, 2.75) is 17.3 Å². The lowest BCUT2D eigenvalue weighted by Gasteiger charge is -2.19.